The predicted octanol–water partition coefficient (Wildman–Crippen LogP) is 3.13. The maximum Gasteiger partial charge on any atom is 0.0215 e. The average molecular weight is 254 g/mol. The van der Waals surface area contributed by atoms with Gasteiger partial charge in [0.05, 0.1) is 0 Å². The summed E-state index contributed by atoms with van der Waals surface area (Å²) in [6.07, 6.45) is 6.32. The molecule has 0 bridgehead atoms. The molecule has 1 aromatic heterocycles. The van der Waals surface area contributed by atoms with Gasteiger partial charge in [0.15, 0.2) is 0 Å². The highest BCUT2D eigenvalue weighted by atomic mass is 32.1. The maximum absolute atomic E-state index is 5.87. The molecule has 2 nitrogen and oxygen atoms in total. The molecule has 0 fully saturated rings. The molecule has 2 N–H and O–H groups in total. The molecule has 0 saturated heterocycles. The van der Waals surface area contributed by atoms with Crippen LogP contribution >= 0.6 is 11.3 Å². The van der Waals surface area contributed by atoms with Crippen molar-refractivity contribution < 1.29 is 0 Å². The molecule has 17 heavy (non-hydrogen) atoms. The molecule has 1 aromatic rings. The molecule has 1 atom stereocenters. The molecule has 0 aliphatic carbocycles. The first-order valence-electron chi connectivity index (χ1n) is 6.70. The zero-order chi connectivity index (χ0) is 12.5. The van der Waals surface area contributed by atoms with E-state index in [9.17, 15) is 0 Å². The molecule has 0 aliphatic rings. The minimum absolute atomic E-state index is 0.557. The fourth-order valence-electron chi connectivity index (χ4n) is 2.07. The van der Waals surface area contributed by atoms with Crippen LogP contribution in [0.3, 0.4) is 0 Å². The summed E-state index contributed by atoms with van der Waals surface area (Å²) >= 11 is 1.85. The van der Waals surface area contributed by atoms with Gasteiger partial charge in [-0.1, -0.05) is 32.3 Å². The lowest BCUT2D eigenvalue weighted by Gasteiger charge is -2.26. The molecule has 0 radical (unpaired) electrons. The van der Waals surface area contributed by atoms with Crippen LogP contribution in [0.2, 0.25) is 0 Å². The van der Waals surface area contributed by atoms with Gasteiger partial charge in [0, 0.05) is 24.0 Å². The van der Waals surface area contributed by atoms with Crippen molar-refractivity contribution in [3.05, 3.63) is 22.4 Å². The average Bonchev–Trinajstić information content (AvgIpc) is 2.85. The summed E-state index contributed by atoms with van der Waals surface area (Å²) in [5, 5.41) is 2.15. The molecule has 98 valence electrons. The van der Waals surface area contributed by atoms with Gasteiger partial charge in [-0.3, -0.25) is 0 Å². The number of nitrogens with zero attached hydrogens (tertiary/aromatic N) is 1. The van der Waals surface area contributed by atoms with Crippen LogP contribution in [0.25, 0.3) is 0 Å². The fourth-order valence-corrected chi connectivity index (χ4v) is 2.77. The summed E-state index contributed by atoms with van der Waals surface area (Å²) in [4.78, 5) is 3.90. The third-order valence-corrected chi connectivity index (χ3v) is 4.26. The Morgan fingerprint density at radius 1 is 1.41 bits per heavy atom. The summed E-state index contributed by atoms with van der Waals surface area (Å²) in [7, 11) is 2.21. The largest absolute Gasteiger partial charge is 0.329 e. The van der Waals surface area contributed by atoms with Gasteiger partial charge in [0.1, 0.15) is 0 Å². The first-order chi connectivity index (χ1) is 8.27. The topological polar surface area (TPSA) is 29.3 Å². The quantitative estimate of drug-likeness (QED) is 0.686. The maximum atomic E-state index is 5.87. The van der Waals surface area contributed by atoms with E-state index in [1.54, 1.807) is 0 Å². The standard InChI is InChI=1S/C14H26N2S/c1-3-4-5-7-13(12-15)16(2)10-9-14-8-6-11-17-14/h6,8,11,13H,3-5,7,9-10,12,15H2,1-2H3. The molecule has 3 heteroatoms. The van der Waals surface area contributed by atoms with Crippen molar-refractivity contribution >= 4 is 11.3 Å². The van der Waals surface area contributed by atoms with E-state index in [4.69, 9.17) is 5.73 Å². The number of hydrogen-bond acceptors (Lipinski definition) is 3. The molecule has 0 spiro atoms. The lowest BCUT2D eigenvalue weighted by molar-refractivity contribution is 0.234. The number of likely N-dealkylation sites (N-methyl/N-ethyl adjacent to an activating group) is 1. The Morgan fingerprint density at radius 3 is 2.82 bits per heavy atom. The van der Waals surface area contributed by atoms with Crippen molar-refractivity contribution in [1.29, 1.82) is 0 Å². The Morgan fingerprint density at radius 2 is 2.24 bits per heavy atom. The van der Waals surface area contributed by atoms with Crippen molar-refractivity contribution in [1.82, 2.24) is 4.90 Å². The zero-order valence-corrected chi connectivity index (χ0v) is 12.0. The Labute approximate surface area is 110 Å². The molecule has 0 aromatic carbocycles. The van der Waals surface area contributed by atoms with Crippen LogP contribution < -0.4 is 5.73 Å². The van der Waals surface area contributed by atoms with Crippen molar-refractivity contribution in [3.63, 3.8) is 0 Å². The van der Waals surface area contributed by atoms with Crippen LogP contribution in [0.15, 0.2) is 17.5 Å². The highest BCUT2D eigenvalue weighted by Gasteiger charge is 2.12. The number of rotatable bonds is 9. The Balaban J connectivity index is 2.25. The third-order valence-electron chi connectivity index (χ3n) is 3.33. The molecule has 1 unspecified atom stereocenters. The van der Waals surface area contributed by atoms with Crippen molar-refractivity contribution in [2.24, 2.45) is 5.73 Å². The second-order valence-electron chi connectivity index (χ2n) is 4.70. The van der Waals surface area contributed by atoms with Crippen molar-refractivity contribution in [2.45, 2.75) is 45.1 Å². The lowest BCUT2D eigenvalue weighted by Crippen LogP contribution is -2.38. The van der Waals surface area contributed by atoms with E-state index in [0.717, 1.165) is 19.5 Å². The minimum Gasteiger partial charge on any atom is -0.329 e. The molecule has 0 aliphatic heterocycles. The molecule has 1 heterocycles. The number of nitrogens with two attached hydrogens (primary N) is 1. The van der Waals surface area contributed by atoms with Gasteiger partial charge in [-0.15, -0.1) is 11.3 Å². The summed E-state index contributed by atoms with van der Waals surface area (Å²) < 4.78 is 0. The summed E-state index contributed by atoms with van der Waals surface area (Å²) in [6, 6.07) is 4.90. The Kier molecular flexibility index (Phi) is 7.49. The van der Waals surface area contributed by atoms with Crippen molar-refractivity contribution in [3.8, 4) is 0 Å². The van der Waals surface area contributed by atoms with E-state index in [1.807, 2.05) is 11.3 Å². The first-order valence-corrected chi connectivity index (χ1v) is 7.58. The van der Waals surface area contributed by atoms with Crippen LogP contribution in [0.5, 0.6) is 0 Å². The van der Waals surface area contributed by atoms with Gasteiger partial charge >= 0.3 is 0 Å². The van der Waals surface area contributed by atoms with Crippen molar-refractivity contribution in [2.75, 3.05) is 20.1 Å². The molecular weight excluding hydrogens is 228 g/mol. The Bertz CT molecular complexity index is 272. The first kappa shape index (κ1) is 14.7. The second kappa shape index (κ2) is 8.67. The van der Waals surface area contributed by atoms with Gasteiger partial charge in [-0.05, 0) is 31.3 Å². The SMILES string of the molecule is CCCCCC(CN)N(C)CCc1cccs1. The zero-order valence-electron chi connectivity index (χ0n) is 11.2. The highest BCUT2D eigenvalue weighted by molar-refractivity contribution is 7.09. The summed E-state index contributed by atoms with van der Waals surface area (Å²) in [5.41, 5.74) is 5.87. The lowest BCUT2D eigenvalue weighted by atomic mass is 10.1. The van der Waals surface area contributed by atoms with Crippen LogP contribution in [0.1, 0.15) is 37.5 Å². The molecular formula is C14H26N2S. The summed E-state index contributed by atoms with van der Waals surface area (Å²) in [5.74, 6) is 0. The minimum atomic E-state index is 0.557. The van der Waals surface area contributed by atoms with Crippen LogP contribution in [-0.2, 0) is 6.42 Å². The normalized spacial score (nSPS) is 13.2. The fraction of sp³-hybridized carbons (Fsp3) is 0.714. The van der Waals surface area contributed by atoms with Gasteiger partial charge in [0.2, 0.25) is 0 Å². The third kappa shape index (κ3) is 5.66. The number of unbranched alkanes of at least 4 members (excludes halogenated alkanes) is 2. The molecule has 1 rings (SSSR count). The van der Waals surface area contributed by atoms with E-state index >= 15 is 0 Å². The second-order valence-corrected chi connectivity index (χ2v) is 5.73. The van der Waals surface area contributed by atoms with Crippen LogP contribution in [0.4, 0.5) is 0 Å². The van der Waals surface area contributed by atoms with E-state index in [0.29, 0.717) is 6.04 Å². The number of hydrogen-bond donors (Lipinski definition) is 1. The van der Waals surface area contributed by atoms with E-state index in [2.05, 4.69) is 36.4 Å². The highest BCUT2D eigenvalue weighted by Crippen LogP contribution is 2.12. The predicted molar refractivity (Wildman–Crippen MR) is 77.6 cm³/mol. The van der Waals surface area contributed by atoms with E-state index in [1.165, 1.54) is 30.6 Å². The monoisotopic (exact) mass is 254 g/mol. The Hall–Kier alpha value is -0.380. The van der Waals surface area contributed by atoms with Gasteiger partial charge in [0.25, 0.3) is 0 Å². The number of thiophene rings is 1. The van der Waals surface area contributed by atoms with Gasteiger partial charge in [-0.25, -0.2) is 0 Å². The van der Waals surface area contributed by atoms with Crippen LogP contribution in [-0.4, -0.2) is 31.1 Å². The molecule has 0 amide bonds. The van der Waals surface area contributed by atoms with Gasteiger partial charge in [-0.2, -0.15) is 0 Å². The molecule has 0 saturated carbocycles. The van der Waals surface area contributed by atoms with Gasteiger partial charge < -0.3 is 10.6 Å². The smallest absolute Gasteiger partial charge is 0.0215 e. The van der Waals surface area contributed by atoms with E-state index in [-0.39, 0.29) is 0 Å². The summed E-state index contributed by atoms with van der Waals surface area (Å²) in [6.45, 7) is 4.15. The van der Waals surface area contributed by atoms with Crippen LogP contribution in [0, 0.1) is 0 Å². The van der Waals surface area contributed by atoms with E-state index < -0.39 is 0 Å².